The van der Waals surface area contributed by atoms with Crippen LogP contribution < -0.4 is 5.73 Å². The number of β-lactam (4-membered cyclic amide) rings is 1. The lowest BCUT2D eigenvalue weighted by Gasteiger charge is -2.44. The predicted molar refractivity (Wildman–Crippen MR) is 77.8 cm³/mol. The van der Waals surface area contributed by atoms with Crippen molar-refractivity contribution in [3.8, 4) is 0 Å². The number of aliphatic carboxylic acids is 1. The second-order valence-corrected chi connectivity index (χ2v) is 6.35. The maximum atomic E-state index is 12.1. The van der Waals surface area contributed by atoms with E-state index in [9.17, 15) is 24.6 Å². The van der Waals surface area contributed by atoms with Crippen LogP contribution in [0.25, 0.3) is 5.57 Å². The zero-order valence-electron chi connectivity index (χ0n) is 11.6. The van der Waals surface area contributed by atoms with Crippen molar-refractivity contribution in [1.82, 2.24) is 4.90 Å². The first-order valence-electron chi connectivity index (χ1n) is 6.69. The van der Waals surface area contributed by atoms with E-state index in [1.807, 2.05) is 0 Å². The van der Waals surface area contributed by atoms with Gasteiger partial charge in [0.05, 0.1) is 23.6 Å². The highest BCUT2D eigenvalue weighted by Gasteiger charge is 2.56. The molecule has 0 spiro atoms. The summed E-state index contributed by atoms with van der Waals surface area (Å²) in [4.78, 5) is 36.6. The summed E-state index contributed by atoms with van der Waals surface area (Å²) in [5, 5.41) is 20.7. The molecule has 0 aromatic carbocycles. The Bertz CT molecular complexity index is 721. The van der Waals surface area contributed by atoms with Gasteiger partial charge < -0.3 is 20.8 Å². The zero-order valence-corrected chi connectivity index (χ0v) is 12.5. The summed E-state index contributed by atoms with van der Waals surface area (Å²) in [7, 11) is 0. The molecular formula is C14H14N2O5S. The van der Waals surface area contributed by atoms with Gasteiger partial charge >= 0.3 is 5.97 Å². The van der Waals surface area contributed by atoms with E-state index in [1.54, 1.807) is 11.4 Å². The molecule has 4 N–H and O–H groups in total. The number of hydrogen-bond donors (Lipinski definition) is 3. The second-order valence-electron chi connectivity index (χ2n) is 5.44. The molecule has 1 saturated heterocycles. The number of hydrogen-bond acceptors (Lipinski definition) is 5. The largest absolute Gasteiger partial charge is 0.477 e. The molecule has 22 heavy (non-hydrogen) atoms. The first kappa shape index (κ1) is 14.7. The van der Waals surface area contributed by atoms with Gasteiger partial charge in [0.1, 0.15) is 5.70 Å². The molecule has 0 aliphatic carbocycles. The van der Waals surface area contributed by atoms with Gasteiger partial charge in [-0.1, -0.05) is 0 Å². The number of carboxylic acid groups (broad SMARTS) is 1. The van der Waals surface area contributed by atoms with Crippen LogP contribution in [0.1, 0.15) is 28.6 Å². The van der Waals surface area contributed by atoms with E-state index in [0.29, 0.717) is 22.4 Å². The molecule has 0 saturated carbocycles. The van der Waals surface area contributed by atoms with Gasteiger partial charge in [0.2, 0.25) is 11.8 Å². The highest BCUT2D eigenvalue weighted by molar-refractivity contribution is 7.11. The number of nitrogens with zero attached hydrogens (tertiary/aromatic N) is 1. The van der Waals surface area contributed by atoms with Crippen LogP contribution >= 0.6 is 11.3 Å². The summed E-state index contributed by atoms with van der Waals surface area (Å²) in [6.45, 7) is 1.52. The van der Waals surface area contributed by atoms with E-state index in [-0.39, 0.29) is 17.6 Å². The second kappa shape index (κ2) is 4.92. The van der Waals surface area contributed by atoms with Crippen LogP contribution in [-0.4, -0.2) is 45.0 Å². The van der Waals surface area contributed by atoms with E-state index in [1.165, 1.54) is 23.2 Å². The minimum Gasteiger partial charge on any atom is -0.477 e. The van der Waals surface area contributed by atoms with Gasteiger partial charge in [0, 0.05) is 15.8 Å². The summed E-state index contributed by atoms with van der Waals surface area (Å²) in [5.74, 6) is -2.73. The number of aliphatic hydroxyl groups is 1. The minimum atomic E-state index is -1.19. The van der Waals surface area contributed by atoms with Crippen molar-refractivity contribution >= 4 is 34.7 Å². The van der Waals surface area contributed by atoms with E-state index < -0.39 is 23.9 Å². The van der Waals surface area contributed by atoms with E-state index in [0.717, 1.165) is 0 Å². The van der Waals surface area contributed by atoms with Crippen molar-refractivity contribution in [2.24, 2.45) is 11.7 Å². The van der Waals surface area contributed by atoms with Crippen molar-refractivity contribution in [3.63, 3.8) is 0 Å². The van der Waals surface area contributed by atoms with E-state index in [2.05, 4.69) is 0 Å². The Kier molecular flexibility index (Phi) is 3.30. The van der Waals surface area contributed by atoms with Crippen molar-refractivity contribution in [1.29, 1.82) is 0 Å². The lowest BCUT2D eigenvalue weighted by Crippen LogP contribution is -2.61. The molecule has 2 aliphatic rings. The van der Waals surface area contributed by atoms with Crippen molar-refractivity contribution in [2.45, 2.75) is 25.5 Å². The SMILES string of the molecule is C[C@@H](O)C1C(=O)N2C(C(=O)O)=C(c3cc(C(N)=O)cs3)CC12. The molecule has 2 amide bonds. The molecule has 1 aromatic heterocycles. The zero-order chi connectivity index (χ0) is 16.2. The fourth-order valence-electron chi connectivity index (χ4n) is 3.11. The number of aliphatic hydroxyl groups excluding tert-OH is 1. The fourth-order valence-corrected chi connectivity index (χ4v) is 4.07. The molecule has 1 aromatic rings. The lowest BCUT2D eigenvalue weighted by molar-refractivity contribution is -0.161. The summed E-state index contributed by atoms with van der Waals surface area (Å²) >= 11 is 1.22. The Balaban J connectivity index is 2.01. The molecule has 3 rings (SSSR count). The smallest absolute Gasteiger partial charge is 0.352 e. The van der Waals surface area contributed by atoms with Gasteiger partial charge in [-0.2, -0.15) is 0 Å². The first-order chi connectivity index (χ1) is 10.3. The van der Waals surface area contributed by atoms with Gasteiger partial charge in [-0.3, -0.25) is 9.59 Å². The maximum absolute atomic E-state index is 12.1. The van der Waals surface area contributed by atoms with Crippen LogP contribution in [0.15, 0.2) is 17.1 Å². The Hall–Kier alpha value is -2.19. The molecular weight excluding hydrogens is 308 g/mol. The van der Waals surface area contributed by atoms with E-state index in [4.69, 9.17) is 5.73 Å². The van der Waals surface area contributed by atoms with E-state index >= 15 is 0 Å². The minimum absolute atomic E-state index is 0.0650. The van der Waals surface area contributed by atoms with Crippen LogP contribution in [0.4, 0.5) is 0 Å². The monoisotopic (exact) mass is 322 g/mol. The van der Waals surface area contributed by atoms with Crippen molar-refractivity contribution in [3.05, 3.63) is 27.6 Å². The lowest BCUT2D eigenvalue weighted by atomic mass is 9.83. The number of nitrogens with two attached hydrogens (primary N) is 1. The van der Waals surface area contributed by atoms with Gasteiger partial charge in [-0.05, 0) is 19.4 Å². The third-order valence-corrected chi connectivity index (χ3v) is 5.10. The quantitative estimate of drug-likeness (QED) is 0.686. The number of thiophene rings is 1. The standard InChI is InChI=1S/C14H14N2O5S/c1-5(17)10-8-3-7(9-2-6(4-22-9)12(15)18)11(14(20)21)16(8)13(10)19/h2,4-5,8,10,17H,3H2,1H3,(H2,15,18)(H,20,21)/t5-,8?,10?/m1/s1. The maximum Gasteiger partial charge on any atom is 0.352 e. The van der Waals surface area contributed by atoms with Crippen LogP contribution in [0.5, 0.6) is 0 Å². The summed E-state index contributed by atoms with van der Waals surface area (Å²) in [6, 6.07) is 1.20. The summed E-state index contributed by atoms with van der Waals surface area (Å²) in [5.41, 5.74) is 5.96. The van der Waals surface area contributed by atoms with Crippen LogP contribution in [0.3, 0.4) is 0 Å². The predicted octanol–water partition coefficient (Wildman–Crippen LogP) is 0.254. The number of carbonyl (C=O) groups excluding carboxylic acids is 2. The van der Waals surface area contributed by atoms with Crippen molar-refractivity contribution in [2.75, 3.05) is 0 Å². The molecule has 0 bridgehead atoms. The molecule has 0 radical (unpaired) electrons. The average molecular weight is 322 g/mol. The third kappa shape index (κ3) is 1.95. The highest BCUT2D eigenvalue weighted by Crippen LogP contribution is 2.47. The number of carbonyl (C=O) groups is 3. The number of fused-ring (bicyclic) bond motifs is 1. The molecule has 3 atom stereocenters. The Morgan fingerprint density at radius 1 is 1.50 bits per heavy atom. The Morgan fingerprint density at radius 3 is 2.68 bits per heavy atom. The van der Waals surface area contributed by atoms with Crippen LogP contribution in [-0.2, 0) is 9.59 Å². The van der Waals surface area contributed by atoms with Crippen LogP contribution in [0.2, 0.25) is 0 Å². The first-order valence-corrected chi connectivity index (χ1v) is 7.57. The fraction of sp³-hybridized carbons (Fsp3) is 0.357. The third-order valence-electron chi connectivity index (χ3n) is 4.11. The number of rotatable bonds is 4. The van der Waals surface area contributed by atoms with Gasteiger partial charge in [-0.15, -0.1) is 11.3 Å². The number of carboxylic acids is 1. The number of amides is 2. The van der Waals surface area contributed by atoms with Crippen molar-refractivity contribution < 1.29 is 24.6 Å². The van der Waals surface area contributed by atoms with Gasteiger partial charge in [-0.25, -0.2) is 4.79 Å². The number of primary amides is 1. The Morgan fingerprint density at radius 2 is 2.18 bits per heavy atom. The summed E-state index contributed by atoms with van der Waals surface area (Å²) in [6.07, 6.45) is -0.477. The Labute approximate surface area is 129 Å². The molecule has 2 unspecified atom stereocenters. The topological polar surface area (TPSA) is 121 Å². The molecule has 1 fully saturated rings. The molecule has 3 heterocycles. The normalized spacial score (nSPS) is 25.0. The van der Waals surface area contributed by atoms with Crippen LogP contribution in [0, 0.1) is 5.92 Å². The van der Waals surface area contributed by atoms with Gasteiger partial charge in [0.15, 0.2) is 0 Å². The molecule has 8 heteroatoms. The average Bonchev–Trinajstić information content (AvgIpc) is 2.99. The van der Waals surface area contributed by atoms with Gasteiger partial charge in [0.25, 0.3) is 0 Å². The molecule has 116 valence electrons. The highest BCUT2D eigenvalue weighted by atomic mass is 32.1. The molecule has 2 aliphatic heterocycles. The molecule has 7 nitrogen and oxygen atoms in total. The summed E-state index contributed by atoms with van der Waals surface area (Å²) < 4.78 is 0.